The van der Waals surface area contributed by atoms with Gasteiger partial charge in [0.15, 0.2) is 0 Å². The molecule has 1 aliphatic carbocycles. The molecule has 2 aliphatic rings. The lowest BCUT2D eigenvalue weighted by molar-refractivity contribution is 0.0880. The summed E-state index contributed by atoms with van der Waals surface area (Å²) >= 11 is 0. The van der Waals surface area contributed by atoms with Gasteiger partial charge in [0.2, 0.25) is 0 Å². The van der Waals surface area contributed by atoms with Gasteiger partial charge in [-0.2, -0.15) is 0 Å². The number of carbonyl (C=O) groups is 2. The molecule has 0 atom stereocenters. The van der Waals surface area contributed by atoms with Crippen LogP contribution in [-0.2, 0) is 12.8 Å². The number of nitrogens with two attached hydrogens (primary N) is 1. The second kappa shape index (κ2) is 4.30. The molecule has 1 aromatic carbocycles. The Balaban J connectivity index is 1.97. The normalized spacial score (nSPS) is 15.6. The predicted octanol–water partition coefficient (Wildman–Crippen LogP) is 0.792. The van der Waals surface area contributed by atoms with Gasteiger partial charge in [-0.15, -0.1) is 0 Å². The van der Waals surface area contributed by atoms with Crippen LogP contribution in [0.25, 0.3) is 5.69 Å². The van der Waals surface area contributed by atoms with Gasteiger partial charge >= 0.3 is 0 Å². The van der Waals surface area contributed by atoms with Gasteiger partial charge in [-0.25, -0.2) is 0 Å². The van der Waals surface area contributed by atoms with E-state index >= 15 is 0 Å². The third kappa shape index (κ3) is 1.64. The van der Waals surface area contributed by atoms with Crippen molar-refractivity contribution in [2.45, 2.75) is 19.3 Å². The number of rotatable bonds is 1. The first-order chi connectivity index (χ1) is 10.6. The Morgan fingerprint density at radius 1 is 1.00 bits per heavy atom. The van der Waals surface area contributed by atoms with Crippen molar-refractivity contribution >= 4 is 17.6 Å². The first kappa shape index (κ1) is 12.8. The molecule has 0 spiro atoms. The van der Waals surface area contributed by atoms with E-state index in [1.807, 2.05) is 18.2 Å². The van der Waals surface area contributed by atoms with Crippen LogP contribution in [0, 0.1) is 0 Å². The Labute approximate surface area is 125 Å². The van der Waals surface area contributed by atoms with Crippen LogP contribution in [0.4, 0.5) is 5.82 Å². The Bertz CT molecular complexity index is 912. The molecular formula is C16H13N3O3. The maximum Gasteiger partial charge on any atom is 0.262 e. The zero-order valence-corrected chi connectivity index (χ0v) is 11.7. The number of anilines is 1. The van der Waals surface area contributed by atoms with Gasteiger partial charge in [-0.3, -0.25) is 24.3 Å². The van der Waals surface area contributed by atoms with Crippen LogP contribution in [0.15, 0.2) is 29.1 Å². The molecule has 1 aromatic heterocycles. The number of nitrogens with one attached hydrogen (secondary N) is 1. The third-order valence-electron chi connectivity index (χ3n) is 4.29. The summed E-state index contributed by atoms with van der Waals surface area (Å²) < 4.78 is 1.29. The number of nitrogens with zero attached hydrogens (tertiary/aromatic N) is 1. The number of amides is 2. The molecule has 0 bridgehead atoms. The minimum atomic E-state index is -0.579. The highest BCUT2D eigenvalue weighted by atomic mass is 16.2. The lowest BCUT2D eigenvalue weighted by Crippen LogP contribution is -2.24. The largest absolute Gasteiger partial charge is 0.384 e. The molecule has 0 unspecified atom stereocenters. The van der Waals surface area contributed by atoms with Crippen LogP contribution in [-0.4, -0.2) is 16.4 Å². The Hall–Kier alpha value is -2.89. The molecule has 0 fully saturated rings. The fourth-order valence-corrected chi connectivity index (χ4v) is 3.24. The number of hydrogen-bond donors (Lipinski definition) is 2. The van der Waals surface area contributed by atoms with E-state index in [0.717, 1.165) is 19.3 Å². The number of imide groups is 1. The molecule has 0 saturated carbocycles. The monoisotopic (exact) mass is 295 g/mol. The smallest absolute Gasteiger partial charge is 0.262 e. The van der Waals surface area contributed by atoms with E-state index in [0.29, 0.717) is 5.69 Å². The zero-order chi connectivity index (χ0) is 15.4. The van der Waals surface area contributed by atoms with Gasteiger partial charge in [0.25, 0.3) is 17.4 Å². The summed E-state index contributed by atoms with van der Waals surface area (Å²) in [5.74, 6) is -1.14. The van der Waals surface area contributed by atoms with Crippen molar-refractivity contribution in [3.63, 3.8) is 0 Å². The molecule has 2 aromatic rings. The van der Waals surface area contributed by atoms with Crippen molar-refractivity contribution in [2.24, 2.45) is 0 Å². The number of fused-ring (bicyclic) bond motifs is 2. The first-order valence-electron chi connectivity index (χ1n) is 7.09. The van der Waals surface area contributed by atoms with Gasteiger partial charge in [-0.05, 0) is 42.5 Å². The topological polar surface area (TPSA) is 94.2 Å². The number of hydrogen-bond acceptors (Lipinski definition) is 4. The Morgan fingerprint density at radius 3 is 2.59 bits per heavy atom. The van der Waals surface area contributed by atoms with E-state index in [1.165, 1.54) is 21.8 Å². The van der Waals surface area contributed by atoms with Crippen molar-refractivity contribution in [2.75, 3.05) is 5.73 Å². The van der Waals surface area contributed by atoms with Crippen LogP contribution in [0.2, 0.25) is 0 Å². The highest BCUT2D eigenvalue weighted by Gasteiger charge is 2.31. The fraction of sp³-hybridized carbons (Fsp3) is 0.188. The molecule has 110 valence electrons. The van der Waals surface area contributed by atoms with Gasteiger partial charge in [0.1, 0.15) is 5.82 Å². The molecule has 22 heavy (non-hydrogen) atoms. The summed E-state index contributed by atoms with van der Waals surface area (Å²) in [6, 6.07) is 6.91. The van der Waals surface area contributed by atoms with Crippen LogP contribution in [0.1, 0.15) is 38.3 Å². The van der Waals surface area contributed by atoms with E-state index in [2.05, 4.69) is 5.32 Å². The summed E-state index contributed by atoms with van der Waals surface area (Å²) in [6.07, 6.45) is 3.12. The number of nitrogen functional groups attached to an aromatic ring is 1. The highest BCUT2D eigenvalue weighted by Crippen LogP contribution is 2.27. The third-order valence-corrected chi connectivity index (χ3v) is 4.29. The molecule has 6 heteroatoms. The Kier molecular flexibility index (Phi) is 2.51. The zero-order valence-electron chi connectivity index (χ0n) is 11.7. The van der Waals surface area contributed by atoms with Crippen molar-refractivity contribution in [1.29, 1.82) is 0 Å². The second-order valence-electron chi connectivity index (χ2n) is 5.58. The minimum absolute atomic E-state index is 0.00352. The molecule has 0 radical (unpaired) electrons. The first-order valence-corrected chi connectivity index (χ1v) is 7.09. The molecule has 1 aliphatic heterocycles. The number of pyridine rings is 1. The van der Waals surface area contributed by atoms with Gasteiger partial charge < -0.3 is 5.73 Å². The fourth-order valence-electron chi connectivity index (χ4n) is 3.24. The minimum Gasteiger partial charge on any atom is -0.384 e. The lowest BCUT2D eigenvalue weighted by Gasteiger charge is -2.13. The molecule has 4 rings (SSSR count). The average Bonchev–Trinajstić information content (AvgIpc) is 3.03. The van der Waals surface area contributed by atoms with Gasteiger partial charge in [0.05, 0.1) is 16.8 Å². The number of benzene rings is 1. The molecule has 3 N–H and O–H groups in total. The quantitative estimate of drug-likeness (QED) is 0.761. The molecular weight excluding hydrogens is 282 g/mol. The van der Waals surface area contributed by atoms with Gasteiger partial charge in [0, 0.05) is 6.07 Å². The van der Waals surface area contributed by atoms with E-state index < -0.39 is 17.4 Å². The van der Waals surface area contributed by atoms with Crippen molar-refractivity contribution in [1.82, 2.24) is 9.88 Å². The molecule has 0 saturated heterocycles. The average molecular weight is 295 g/mol. The van der Waals surface area contributed by atoms with Crippen LogP contribution < -0.4 is 16.6 Å². The summed E-state index contributed by atoms with van der Waals surface area (Å²) in [5.41, 5.74) is 8.82. The number of carbonyl (C=O) groups excluding carboxylic acids is 2. The van der Waals surface area contributed by atoms with E-state index in [1.54, 1.807) is 0 Å². The highest BCUT2D eigenvalue weighted by molar-refractivity contribution is 6.23. The standard InChI is InChI=1S/C16H13N3O3/c17-14-13-11(15(21)18-16(13)22)7-12(20)19(14)10-5-4-8-2-1-3-9(8)6-10/h4-7H,1-3,17H2,(H,18,21,22). The van der Waals surface area contributed by atoms with E-state index in [9.17, 15) is 14.4 Å². The Morgan fingerprint density at radius 2 is 1.77 bits per heavy atom. The summed E-state index contributed by atoms with van der Waals surface area (Å²) in [5, 5.41) is 2.16. The number of aryl methyl sites for hydroxylation is 2. The molecule has 2 amide bonds. The van der Waals surface area contributed by atoms with E-state index in [4.69, 9.17) is 5.73 Å². The predicted molar refractivity (Wildman–Crippen MR) is 80.3 cm³/mol. The maximum absolute atomic E-state index is 12.3. The van der Waals surface area contributed by atoms with E-state index in [-0.39, 0.29) is 16.9 Å². The maximum atomic E-state index is 12.3. The van der Waals surface area contributed by atoms with Gasteiger partial charge in [-0.1, -0.05) is 6.07 Å². The summed E-state index contributed by atoms with van der Waals surface area (Å²) in [7, 11) is 0. The summed E-state index contributed by atoms with van der Waals surface area (Å²) in [6.45, 7) is 0. The van der Waals surface area contributed by atoms with Crippen LogP contribution in [0.3, 0.4) is 0 Å². The van der Waals surface area contributed by atoms with Crippen molar-refractivity contribution in [3.8, 4) is 5.69 Å². The molecule has 6 nitrogen and oxygen atoms in total. The molecule has 2 heterocycles. The van der Waals surface area contributed by atoms with Crippen LogP contribution in [0.5, 0.6) is 0 Å². The van der Waals surface area contributed by atoms with Crippen molar-refractivity contribution < 1.29 is 9.59 Å². The summed E-state index contributed by atoms with van der Waals surface area (Å²) in [4.78, 5) is 35.8. The van der Waals surface area contributed by atoms with Crippen LogP contribution >= 0.6 is 0 Å². The number of aromatic nitrogens is 1. The SMILES string of the molecule is Nc1c2c(cc(=O)n1-c1ccc3c(c1)CCC3)C(=O)NC2=O. The second-order valence-corrected chi connectivity index (χ2v) is 5.58. The lowest BCUT2D eigenvalue weighted by atomic mass is 10.1. The van der Waals surface area contributed by atoms with Crippen molar-refractivity contribution in [3.05, 3.63) is 56.9 Å².